The Morgan fingerprint density at radius 3 is 2.38 bits per heavy atom. The van der Waals surface area contributed by atoms with Crippen LogP contribution < -0.4 is 10.2 Å². The molecule has 0 spiro atoms. The Kier molecular flexibility index (Phi) is 5.64. The summed E-state index contributed by atoms with van der Waals surface area (Å²) in [5.74, 6) is 0.481. The molecule has 24 heavy (non-hydrogen) atoms. The third-order valence-corrected chi connectivity index (χ3v) is 3.84. The maximum absolute atomic E-state index is 12.0. The van der Waals surface area contributed by atoms with Gasteiger partial charge in [0.15, 0.2) is 0 Å². The normalized spacial score (nSPS) is 15.2. The van der Waals surface area contributed by atoms with E-state index >= 15 is 0 Å². The first-order valence-corrected chi connectivity index (χ1v) is 8.25. The van der Waals surface area contributed by atoms with Crippen LogP contribution in [0.4, 0.5) is 16.3 Å². The number of pyridine rings is 1. The molecule has 1 aromatic heterocycles. The molecule has 0 aliphatic carbocycles. The summed E-state index contributed by atoms with van der Waals surface area (Å²) >= 11 is 0. The highest BCUT2D eigenvalue weighted by molar-refractivity contribution is 5.93. The first-order chi connectivity index (χ1) is 11.3. The summed E-state index contributed by atoms with van der Waals surface area (Å²) in [5.41, 5.74) is 0.524. The number of piperazine rings is 1. The summed E-state index contributed by atoms with van der Waals surface area (Å²) in [4.78, 5) is 31.9. The number of hydrogen-bond acceptors (Lipinski definition) is 5. The molecule has 1 N–H and O–H groups in total. The maximum atomic E-state index is 12.0. The number of rotatable bonds is 3. The molecule has 132 valence electrons. The minimum atomic E-state index is -0.455. The highest BCUT2D eigenvalue weighted by atomic mass is 16.6. The van der Waals surface area contributed by atoms with Crippen molar-refractivity contribution in [2.75, 3.05) is 43.0 Å². The Hall–Kier alpha value is -2.31. The molecular formula is C17H26N4O3. The van der Waals surface area contributed by atoms with Crippen LogP contribution >= 0.6 is 0 Å². The largest absolute Gasteiger partial charge is 0.450 e. The lowest BCUT2D eigenvalue weighted by atomic mass is 9.96. The third kappa shape index (κ3) is 4.59. The fourth-order valence-corrected chi connectivity index (χ4v) is 2.31. The molecule has 1 aliphatic heterocycles. The number of nitrogens with zero attached hydrogens (tertiary/aromatic N) is 3. The van der Waals surface area contributed by atoms with Gasteiger partial charge in [-0.2, -0.15) is 0 Å². The van der Waals surface area contributed by atoms with E-state index in [1.807, 2.05) is 26.8 Å². The van der Waals surface area contributed by atoms with Gasteiger partial charge in [-0.3, -0.25) is 4.79 Å². The SMILES string of the molecule is CCOC(=O)N1CCN(c2ccc(NC(=O)C(C)(C)C)nc2)CC1. The summed E-state index contributed by atoms with van der Waals surface area (Å²) in [6.45, 7) is 10.5. The fourth-order valence-electron chi connectivity index (χ4n) is 2.31. The number of nitrogens with one attached hydrogen (secondary N) is 1. The van der Waals surface area contributed by atoms with Gasteiger partial charge in [0.05, 0.1) is 18.5 Å². The van der Waals surface area contributed by atoms with Gasteiger partial charge in [-0.15, -0.1) is 0 Å². The molecule has 1 aliphatic rings. The molecule has 2 rings (SSSR count). The van der Waals surface area contributed by atoms with E-state index in [1.165, 1.54) is 0 Å². The summed E-state index contributed by atoms with van der Waals surface area (Å²) in [6.07, 6.45) is 1.49. The van der Waals surface area contributed by atoms with Crippen LogP contribution in [0, 0.1) is 5.41 Å². The molecular weight excluding hydrogens is 308 g/mol. The average Bonchev–Trinajstić information content (AvgIpc) is 2.55. The zero-order valence-electron chi connectivity index (χ0n) is 14.8. The molecule has 2 heterocycles. The van der Waals surface area contributed by atoms with Gasteiger partial charge in [-0.05, 0) is 19.1 Å². The van der Waals surface area contributed by atoms with Crippen molar-refractivity contribution < 1.29 is 14.3 Å². The molecule has 1 fully saturated rings. The van der Waals surface area contributed by atoms with Crippen molar-refractivity contribution in [3.8, 4) is 0 Å². The Labute approximate surface area is 143 Å². The zero-order valence-corrected chi connectivity index (χ0v) is 14.8. The second-order valence-electron chi connectivity index (χ2n) is 6.78. The molecule has 7 heteroatoms. The van der Waals surface area contributed by atoms with Gasteiger partial charge in [0.2, 0.25) is 5.91 Å². The molecule has 7 nitrogen and oxygen atoms in total. The summed E-state index contributed by atoms with van der Waals surface area (Å²) < 4.78 is 5.02. The van der Waals surface area contributed by atoms with E-state index < -0.39 is 5.41 Å². The van der Waals surface area contributed by atoms with Crippen LogP contribution in [0.2, 0.25) is 0 Å². The van der Waals surface area contributed by atoms with Crippen molar-refractivity contribution in [2.24, 2.45) is 5.41 Å². The molecule has 0 bridgehead atoms. The summed E-state index contributed by atoms with van der Waals surface area (Å²) in [7, 11) is 0. The fraction of sp³-hybridized carbons (Fsp3) is 0.588. The number of hydrogen-bond donors (Lipinski definition) is 1. The Balaban J connectivity index is 1.90. The highest BCUT2D eigenvalue weighted by Crippen LogP contribution is 2.20. The smallest absolute Gasteiger partial charge is 0.409 e. The van der Waals surface area contributed by atoms with E-state index in [-0.39, 0.29) is 12.0 Å². The predicted octanol–water partition coefficient (Wildman–Crippen LogP) is 2.34. The quantitative estimate of drug-likeness (QED) is 0.918. The van der Waals surface area contributed by atoms with Gasteiger partial charge in [0, 0.05) is 31.6 Å². The zero-order chi connectivity index (χ0) is 17.7. The standard InChI is InChI=1S/C17H26N4O3/c1-5-24-16(23)21-10-8-20(9-11-21)13-6-7-14(18-12-13)19-15(22)17(2,3)4/h6-7,12H,5,8-11H2,1-4H3,(H,18,19,22). The van der Waals surface area contributed by atoms with E-state index in [2.05, 4.69) is 15.2 Å². The monoisotopic (exact) mass is 334 g/mol. The minimum Gasteiger partial charge on any atom is -0.450 e. The van der Waals surface area contributed by atoms with E-state index in [4.69, 9.17) is 4.74 Å². The van der Waals surface area contributed by atoms with Gasteiger partial charge < -0.3 is 19.9 Å². The van der Waals surface area contributed by atoms with E-state index in [9.17, 15) is 9.59 Å². The van der Waals surface area contributed by atoms with Crippen molar-refractivity contribution in [2.45, 2.75) is 27.7 Å². The first kappa shape index (κ1) is 18.0. The molecule has 1 aromatic rings. The topological polar surface area (TPSA) is 74.8 Å². The Morgan fingerprint density at radius 1 is 1.21 bits per heavy atom. The number of ether oxygens (including phenoxy) is 1. The van der Waals surface area contributed by atoms with Crippen LogP contribution in [-0.4, -0.2) is 54.7 Å². The van der Waals surface area contributed by atoms with Crippen LogP contribution in [-0.2, 0) is 9.53 Å². The third-order valence-electron chi connectivity index (χ3n) is 3.84. The number of aromatic nitrogens is 1. The summed E-state index contributed by atoms with van der Waals surface area (Å²) in [5, 5.41) is 2.81. The van der Waals surface area contributed by atoms with Gasteiger partial charge in [-0.25, -0.2) is 9.78 Å². The lowest BCUT2D eigenvalue weighted by Crippen LogP contribution is -2.49. The van der Waals surface area contributed by atoms with Crippen LogP contribution in [0.5, 0.6) is 0 Å². The highest BCUT2D eigenvalue weighted by Gasteiger charge is 2.23. The molecule has 0 unspecified atom stereocenters. The number of anilines is 2. The van der Waals surface area contributed by atoms with Gasteiger partial charge in [0.25, 0.3) is 0 Å². The van der Waals surface area contributed by atoms with E-state index in [1.54, 1.807) is 24.1 Å². The van der Waals surface area contributed by atoms with E-state index in [0.717, 1.165) is 18.8 Å². The van der Waals surface area contributed by atoms with Crippen molar-refractivity contribution in [1.82, 2.24) is 9.88 Å². The molecule has 1 saturated heterocycles. The average molecular weight is 334 g/mol. The molecule has 0 atom stereocenters. The Morgan fingerprint density at radius 2 is 1.88 bits per heavy atom. The molecule has 0 aromatic carbocycles. The predicted molar refractivity (Wildman–Crippen MR) is 93.1 cm³/mol. The van der Waals surface area contributed by atoms with Crippen molar-refractivity contribution in [3.63, 3.8) is 0 Å². The van der Waals surface area contributed by atoms with Crippen LogP contribution in [0.15, 0.2) is 18.3 Å². The van der Waals surface area contributed by atoms with Gasteiger partial charge >= 0.3 is 6.09 Å². The van der Waals surface area contributed by atoms with Crippen LogP contribution in [0.3, 0.4) is 0 Å². The first-order valence-electron chi connectivity index (χ1n) is 8.25. The van der Waals surface area contributed by atoms with Crippen LogP contribution in [0.1, 0.15) is 27.7 Å². The van der Waals surface area contributed by atoms with Crippen molar-refractivity contribution in [1.29, 1.82) is 0 Å². The number of carbonyl (C=O) groups is 2. The molecule has 0 saturated carbocycles. The van der Waals surface area contributed by atoms with Crippen LogP contribution in [0.25, 0.3) is 0 Å². The van der Waals surface area contributed by atoms with Gasteiger partial charge in [-0.1, -0.05) is 20.8 Å². The molecule has 2 amide bonds. The lowest BCUT2D eigenvalue weighted by molar-refractivity contribution is -0.123. The number of carbonyl (C=O) groups excluding carboxylic acids is 2. The second-order valence-corrected chi connectivity index (χ2v) is 6.78. The van der Waals surface area contributed by atoms with Crippen molar-refractivity contribution in [3.05, 3.63) is 18.3 Å². The molecule has 0 radical (unpaired) electrons. The number of amides is 2. The lowest BCUT2D eigenvalue weighted by Gasteiger charge is -2.35. The minimum absolute atomic E-state index is 0.0641. The summed E-state index contributed by atoms with van der Waals surface area (Å²) in [6, 6.07) is 3.74. The Bertz CT molecular complexity index is 572. The second kappa shape index (κ2) is 7.51. The van der Waals surface area contributed by atoms with Crippen molar-refractivity contribution >= 4 is 23.5 Å². The maximum Gasteiger partial charge on any atom is 0.409 e. The van der Waals surface area contributed by atoms with E-state index in [0.29, 0.717) is 25.5 Å². The van der Waals surface area contributed by atoms with Gasteiger partial charge in [0.1, 0.15) is 5.82 Å².